The Morgan fingerprint density at radius 2 is 1.97 bits per heavy atom. The number of hydrogen-bond acceptors (Lipinski definition) is 7. The fraction of sp³-hybridized carbons (Fsp3) is 0.211. The van der Waals surface area contributed by atoms with Crippen LogP contribution in [0.25, 0.3) is 10.6 Å². The van der Waals surface area contributed by atoms with Crippen LogP contribution in [0.4, 0.5) is 15.8 Å². The summed E-state index contributed by atoms with van der Waals surface area (Å²) in [4.78, 5) is 16.1. The molecule has 0 radical (unpaired) electrons. The molecule has 1 unspecified atom stereocenters. The smallest absolute Gasteiger partial charge is 0.271 e. The molecule has 30 heavy (non-hydrogen) atoms. The van der Waals surface area contributed by atoms with E-state index < -0.39 is 14.9 Å². The largest absolute Gasteiger partial charge is 0.375 e. The van der Waals surface area contributed by atoms with Crippen LogP contribution >= 0.6 is 11.3 Å². The average molecular weight is 449 g/mol. The lowest BCUT2D eigenvalue weighted by atomic mass is 9.97. The predicted octanol–water partition coefficient (Wildman–Crippen LogP) is 3.99. The summed E-state index contributed by atoms with van der Waals surface area (Å²) < 4.78 is 37.1. The van der Waals surface area contributed by atoms with E-state index in [2.05, 4.69) is 5.32 Å². The van der Waals surface area contributed by atoms with Crippen LogP contribution in [0, 0.1) is 15.9 Å². The van der Waals surface area contributed by atoms with Crippen molar-refractivity contribution in [1.29, 1.82) is 0 Å². The highest BCUT2D eigenvalue weighted by Gasteiger charge is 2.27. The molecule has 4 rings (SSSR count). The van der Waals surface area contributed by atoms with Gasteiger partial charge in [-0.1, -0.05) is 0 Å². The SMILES string of the molecule is NS(=O)(=O)c1ccc([N+](=O)[O-])cc1NC1CCCc2sc(-c3ccc(F)cc3)nc21. The summed E-state index contributed by atoms with van der Waals surface area (Å²) >= 11 is 1.50. The van der Waals surface area contributed by atoms with Gasteiger partial charge in [0.25, 0.3) is 5.69 Å². The van der Waals surface area contributed by atoms with E-state index in [0.717, 1.165) is 46.1 Å². The number of primary sulfonamides is 1. The highest BCUT2D eigenvalue weighted by Crippen LogP contribution is 2.40. The summed E-state index contributed by atoms with van der Waals surface area (Å²) in [6, 6.07) is 9.11. The number of non-ortho nitro benzene ring substituents is 1. The van der Waals surface area contributed by atoms with Gasteiger partial charge in [0, 0.05) is 22.6 Å². The molecule has 1 atom stereocenters. The van der Waals surface area contributed by atoms with E-state index in [-0.39, 0.29) is 28.1 Å². The van der Waals surface area contributed by atoms with E-state index in [1.54, 1.807) is 12.1 Å². The molecule has 0 saturated heterocycles. The third-order valence-electron chi connectivity index (χ3n) is 4.86. The van der Waals surface area contributed by atoms with E-state index >= 15 is 0 Å². The molecule has 1 aliphatic carbocycles. The summed E-state index contributed by atoms with van der Waals surface area (Å²) in [6.45, 7) is 0. The summed E-state index contributed by atoms with van der Waals surface area (Å²) in [5.41, 5.74) is 1.37. The topological polar surface area (TPSA) is 128 Å². The van der Waals surface area contributed by atoms with Crippen LogP contribution in [-0.2, 0) is 16.4 Å². The van der Waals surface area contributed by atoms with Crippen molar-refractivity contribution in [2.24, 2.45) is 5.14 Å². The molecule has 3 N–H and O–H groups in total. The summed E-state index contributed by atoms with van der Waals surface area (Å²) in [7, 11) is -4.08. The van der Waals surface area contributed by atoms with Crippen LogP contribution < -0.4 is 10.5 Å². The Morgan fingerprint density at radius 3 is 2.63 bits per heavy atom. The molecule has 156 valence electrons. The Morgan fingerprint density at radius 1 is 1.23 bits per heavy atom. The first-order chi connectivity index (χ1) is 14.2. The number of nitrogens with two attached hydrogens (primary N) is 1. The van der Waals surface area contributed by atoms with Crippen molar-refractivity contribution in [2.75, 3.05) is 5.32 Å². The molecule has 0 saturated carbocycles. The minimum atomic E-state index is -4.08. The van der Waals surface area contributed by atoms with Gasteiger partial charge in [0.1, 0.15) is 15.7 Å². The number of aromatic nitrogens is 1. The number of hydrogen-bond donors (Lipinski definition) is 2. The zero-order chi connectivity index (χ0) is 21.5. The number of thiazole rings is 1. The quantitative estimate of drug-likeness (QED) is 0.449. The number of aryl methyl sites for hydroxylation is 1. The maximum atomic E-state index is 13.2. The Kier molecular flexibility index (Phi) is 5.26. The molecule has 0 amide bonds. The second-order valence-electron chi connectivity index (χ2n) is 6.91. The number of nitrogens with zero attached hydrogens (tertiary/aromatic N) is 2. The van der Waals surface area contributed by atoms with Crippen LogP contribution in [0.5, 0.6) is 0 Å². The van der Waals surface area contributed by atoms with Crippen LogP contribution in [0.2, 0.25) is 0 Å². The highest BCUT2D eigenvalue weighted by molar-refractivity contribution is 7.89. The van der Waals surface area contributed by atoms with E-state index in [4.69, 9.17) is 10.1 Å². The van der Waals surface area contributed by atoms with E-state index in [1.807, 2.05) is 0 Å². The van der Waals surface area contributed by atoms with Crippen LogP contribution in [0.15, 0.2) is 47.4 Å². The van der Waals surface area contributed by atoms with E-state index in [0.29, 0.717) is 6.42 Å². The van der Waals surface area contributed by atoms with Gasteiger partial charge in [-0.05, 0) is 49.6 Å². The van der Waals surface area contributed by atoms with Crippen molar-refractivity contribution in [1.82, 2.24) is 4.98 Å². The minimum absolute atomic E-state index is 0.0703. The molecule has 2 aromatic carbocycles. The van der Waals surface area contributed by atoms with Crippen molar-refractivity contribution < 1.29 is 17.7 Å². The van der Waals surface area contributed by atoms with Crippen molar-refractivity contribution in [3.8, 4) is 10.6 Å². The Balaban J connectivity index is 1.72. The fourth-order valence-corrected chi connectivity index (χ4v) is 5.31. The predicted molar refractivity (Wildman–Crippen MR) is 111 cm³/mol. The number of benzene rings is 2. The van der Waals surface area contributed by atoms with Crippen molar-refractivity contribution in [3.05, 3.63) is 69.0 Å². The van der Waals surface area contributed by atoms with Crippen molar-refractivity contribution >= 4 is 32.7 Å². The molecule has 1 heterocycles. The van der Waals surface area contributed by atoms with Gasteiger partial charge in [0.2, 0.25) is 10.0 Å². The first-order valence-corrected chi connectivity index (χ1v) is 11.4. The lowest BCUT2D eigenvalue weighted by Crippen LogP contribution is -2.20. The van der Waals surface area contributed by atoms with Gasteiger partial charge in [-0.2, -0.15) is 0 Å². The maximum Gasteiger partial charge on any atom is 0.271 e. The van der Waals surface area contributed by atoms with Gasteiger partial charge in [-0.15, -0.1) is 11.3 Å². The Bertz CT molecular complexity index is 1230. The lowest BCUT2D eigenvalue weighted by molar-refractivity contribution is -0.384. The maximum absolute atomic E-state index is 13.2. The molecule has 0 aliphatic heterocycles. The third-order valence-corrected chi connectivity index (χ3v) is 7.00. The molecule has 1 aliphatic rings. The Labute approximate surface area is 175 Å². The molecule has 8 nitrogen and oxygen atoms in total. The first-order valence-electron chi connectivity index (χ1n) is 9.05. The second-order valence-corrected chi connectivity index (χ2v) is 9.52. The van der Waals surface area contributed by atoms with Gasteiger partial charge in [0.05, 0.1) is 22.3 Å². The molecule has 1 aromatic heterocycles. The van der Waals surface area contributed by atoms with E-state index in [1.165, 1.54) is 29.5 Å². The number of rotatable bonds is 5. The molecule has 11 heteroatoms. The van der Waals surface area contributed by atoms with Gasteiger partial charge in [0.15, 0.2) is 0 Å². The van der Waals surface area contributed by atoms with Gasteiger partial charge < -0.3 is 5.32 Å². The number of halogens is 1. The number of sulfonamides is 1. The number of nitro benzene ring substituents is 1. The highest BCUT2D eigenvalue weighted by atomic mass is 32.2. The van der Waals surface area contributed by atoms with Crippen LogP contribution in [0.3, 0.4) is 0 Å². The Hall–Kier alpha value is -2.89. The summed E-state index contributed by atoms with van der Waals surface area (Å²) in [6.07, 6.45) is 2.34. The van der Waals surface area contributed by atoms with Crippen molar-refractivity contribution in [2.45, 2.75) is 30.2 Å². The zero-order valence-corrected chi connectivity index (χ0v) is 17.2. The normalized spacial score (nSPS) is 16.1. The van der Waals surface area contributed by atoms with Gasteiger partial charge >= 0.3 is 0 Å². The molecular weight excluding hydrogens is 431 g/mol. The second kappa shape index (κ2) is 7.74. The monoisotopic (exact) mass is 448 g/mol. The third kappa shape index (κ3) is 4.04. The standard InChI is InChI=1S/C19H17FN4O4S2/c20-12-6-4-11(5-7-12)19-23-18-14(2-1-3-16(18)29-19)22-15-10-13(24(25)26)8-9-17(15)30(21,27)28/h4-10,14,22H,1-3H2,(H2,21,27,28). The summed E-state index contributed by atoms with van der Waals surface area (Å²) in [5, 5.41) is 20.3. The molecular formula is C19H17FN4O4S2. The minimum Gasteiger partial charge on any atom is -0.375 e. The average Bonchev–Trinajstić information content (AvgIpc) is 3.13. The number of nitrogens with one attached hydrogen (secondary N) is 1. The fourth-order valence-electron chi connectivity index (χ4n) is 3.45. The number of fused-ring (bicyclic) bond motifs is 1. The molecule has 0 bridgehead atoms. The van der Waals surface area contributed by atoms with Gasteiger partial charge in [-0.3, -0.25) is 10.1 Å². The van der Waals surface area contributed by atoms with Crippen LogP contribution in [-0.4, -0.2) is 18.3 Å². The summed E-state index contributed by atoms with van der Waals surface area (Å²) in [5.74, 6) is -0.333. The molecule has 3 aromatic rings. The van der Waals surface area contributed by atoms with Gasteiger partial charge in [-0.25, -0.2) is 22.9 Å². The lowest BCUT2D eigenvalue weighted by Gasteiger charge is -2.24. The van der Waals surface area contributed by atoms with E-state index in [9.17, 15) is 22.9 Å². The zero-order valence-electron chi connectivity index (χ0n) is 15.5. The number of nitro groups is 1. The molecule has 0 spiro atoms. The number of anilines is 1. The van der Waals surface area contributed by atoms with Crippen molar-refractivity contribution in [3.63, 3.8) is 0 Å². The van der Waals surface area contributed by atoms with Crippen LogP contribution in [0.1, 0.15) is 29.5 Å². The molecule has 0 fully saturated rings. The first kappa shape index (κ1) is 20.4.